The molecule has 3 rings (SSSR count). The average Bonchev–Trinajstić information content (AvgIpc) is 3.02. The molecule has 0 atom stereocenters. The Morgan fingerprint density at radius 2 is 1.90 bits per heavy atom. The number of carbonyl (C=O) groups excluding carboxylic acids is 2. The molecule has 1 aliphatic heterocycles. The fourth-order valence-corrected chi connectivity index (χ4v) is 3.39. The number of aromatic nitrogens is 1. The molecule has 0 saturated heterocycles. The quantitative estimate of drug-likeness (QED) is 0.819. The number of Topliss-reactive ketones (excluding diaryl/α,β-unsaturated/α-hetero) is 1. The number of nitrogens with zero attached hydrogens (tertiary/aromatic N) is 2. The second-order valence-corrected chi connectivity index (χ2v) is 6.17. The molecule has 1 aromatic carbocycles. The molecule has 0 aliphatic carbocycles. The lowest BCUT2D eigenvalue weighted by Crippen LogP contribution is -2.29. The molecule has 4 nitrogen and oxygen atoms in total. The number of thiazole rings is 1. The Labute approximate surface area is 127 Å². The Morgan fingerprint density at radius 3 is 2.57 bits per heavy atom. The van der Waals surface area contributed by atoms with E-state index in [4.69, 9.17) is 0 Å². The number of hydrogen-bond acceptors (Lipinski definition) is 4. The highest BCUT2D eigenvalue weighted by Crippen LogP contribution is 2.35. The standard InChI is InChI=1S/C16H16N2O2S/c1-4-12-17-11(8-21-12)7-18-14-10(3)6-5-9(2)13(14)15(19)16(18)20/h5-6,8H,4,7H2,1-3H3. The molecule has 1 amide bonds. The van der Waals surface area contributed by atoms with Crippen LogP contribution in [0, 0.1) is 13.8 Å². The lowest BCUT2D eigenvalue weighted by molar-refractivity contribution is -0.114. The van der Waals surface area contributed by atoms with Crippen LogP contribution in [0.25, 0.3) is 0 Å². The number of hydrogen-bond donors (Lipinski definition) is 0. The molecule has 0 N–H and O–H groups in total. The first-order chi connectivity index (χ1) is 10.0. The number of anilines is 1. The number of benzene rings is 1. The van der Waals surface area contributed by atoms with E-state index >= 15 is 0 Å². The van der Waals surface area contributed by atoms with E-state index in [-0.39, 0.29) is 0 Å². The minimum absolute atomic E-state index is 0.359. The van der Waals surface area contributed by atoms with Crippen LogP contribution in [0.2, 0.25) is 0 Å². The molecule has 0 unspecified atom stereocenters. The molecule has 0 fully saturated rings. The maximum absolute atomic E-state index is 12.3. The molecule has 5 heteroatoms. The van der Waals surface area contributed by atoms with Gasteiger partial charge in [-0.2, -0.15) is 0 Å². The largest absolute Gasteiger partial charge is 0.299 e. The molecule has 1 aromatic heterocycles. The topological polar surface area (TPSA) is 50.3 Å². The van der Waals surface area contributed by atoms with E-state index in [9.17, 15) is 9.59 Å². The van der Waals surface area contributed by atoms with Gasteiger partial charge in [-0.15, -0.1) is 11.3 Å². The van der Waals surface area contributed by atoms with Crippen molar-refractivity contribution < 1.29 is 9.59 Å². The highest BCUT2D eigenvalue weighted by Gasteiger charge is 2.38. The second-order valence-electron chi connectivity index (χ2n) is 5.23. The van der Waals surface area contributed by atoms with Crippen LogP contribution in [0.4, 0.5) is 5.69 Å². The van der Waals surface area contributed by atoms with Gasteiger partial charge in [0.1, 0.15) is 0 Å². The van der Waals surface area contributed by atoms with E-state index in [1.807, 2.05) is 31.4 Å². The van der Waals surface area contributed by atoms with Gasteiger partial charge in [-0.05, 0) is 31.4 Å². The second kappa shape index (κ2) is 5.07. The Hall–Kier alpha value is -2.01. The minimum atomic E-state index is -0.451. The van der Waals surface area contributed by atoms with Crippen LogP contribution in [0.1, 0.15) is 39.1 Å². The van der Waals surface area contributed by atoms with E-state index in [2.05, 4.69) is 11.9 Å². The first-order valence-electron chi connectivity index (χ1n) is 6.92. The minimum Gasteiger partial charge on any atom is -0.298 e. The highest BCUT2D eigenvalue weighted by molar-refractivity contribution is 7.09. The molecule has 1 aliphatic rings. The maximum atomic E-state index is 12.3. The zero-order valence-electron chi connectivity index (χ0n) is 12.3. The van der Waals surface area contributed by atoms with Crippen molar-refractivity contribution in [3.05, 3.63) is 44.9 Å². The lowest BCUT2D eigenvalue weighted by atomic mass is 10.0. The first kappa shape index (κ1) is 13.9. The summed E-state index contributed by atoms with van der Waals surface area (Å²) in [4.78, 5) is 30.6. The van der Waals surface area contributed by atoms with Gasteiger partial charge in [0, 0.05) is 5.38 Å². The zero-order chi connectivity index (χ0) is 15.1. The van der Waals surface area contributed by atoms with Crippen molar-refractivity contribution in [3.8, 4) is 0 Å². The van der Waals surface area contributed by atoms with E-state index in [0.717, 1.165) is 33.9 Å². The van der Waals surface area contributed by atoms with E-state index in [1.165, 1.54) is 0 Å². The lowest BCUT2D eigenvalue weighted by Gasteiger charge is -2.17. The summed E-state index contributed by atoms with van der Waals surface area (Å²) >= 11 is 1.59. The SMILES string of the molecule is CCc1nc(CN2C(=O)C(=O)c3c(C)ccc(C)c32)cs1. The third kappa shape index (κ3) is 2.17. The number of fused-ring (bicyclic) bond motifs is 1. The predicted molar refractivity (Wildman–Crippen MR) is 82.9 cm³/mol. The summed E-state index contributed by atoms with van der Waals surface area (Å²) < 4.78 is 0. The Bertz CT molecular complexity index is 749. The zero-order valence-corrected chi connectivity index (χ0v) is 13.1. The van der Waals surface area contributed by atoms with E-state index in [0.29, 0.717) is 12.1 Å². The summed E-state index contributed by atoms with van der Waals surface area (Å²) in [5.41, 5.74) is 3.93. The van der Waals surface area contributed by atoms with Gasteiger partial charge >= 0.3 is 0 Å². The Morgan fingerprint density at radius 1 is 1.19 bits per heavy atom. The van der Waals surface area contributed by atoms with Gasteiger partial charge in [-0.1, -0.05) is 19.1 Å². The predicted octanol–water partition coefficient (Wildman–Crippen LogP) is 3.05. The monoisotopic (exact) mass is 300 g/mol. The van der Waals surface area contributed by atoms with Crippen molar-refractivity contribution in [2.24, 2.45) is 0 Å². The van der Waals surface area contributed by atoms with Gasteiger partial charge in [0.25, 0.3) is 11.7 Å². The van der Waals surface area contributed by atoms with Crippen molar-refractivity contribution in [2.75, 3.05) is 4.90 Å². The number of carbonyl (C=O) groups is 2. The van der Waals surface area contributed by atoms with E-state index in [1.54, 1.807) is 16.2 Å². The van der Waals surface area contributed by atoms with Crippen LogP contribution in [0.5, 0.6) is 0 Å². The fraction of sp³-hybridized carbons (Fsp3) is 0.312. The molecule has 0 bridgehead atoms. The van der Waals surface area contributed by atoms with Gasteiger partial charge in [-0.3, -0.25) is 14.5 Å². The van der Waals surface area contributed by atoms with Crippen LogP contribution in [0.15, 0.2) is 17.5 Å². The van der Waals surface area contributed by atoms with Gasteiger partial charge in [0.2, 0.25) is 0 Å². The average molecular weight is 300 g/mol. The molecule has 21 heavy (non-hydrogen) atoms. The highest BCUT2D eigenvalue weighted by atomic mass is 32.1. The van der Waals surface area contributed by atoms with Crippen molar-refractivity contribution in [1.82, 2.24) is 4.98 Å². The van der Waals surface area contributed by atoms with Crippen LogP contribution < -0.4 is 4.90 Å². The third-order valence-electron chi connectivity index (χ3n) is 3.75. The Balaban J connectivity index is 2.03. The van der Waals surface area contributed by atoms with Gasteiger partial charge in [0.05, 0.1) is 28.5 Å². The fourth-order valence-electron chi connectivity index (χ4n) is 2.66. The molecule has 2 heterocycles. The normalized spacial score (nSPS) is 14.0. The van der Waals surface area contributed by atoms with Gasteiger partial charge < -0.3 is 0 Å². The maximum Gasteiger partial charge on any atom is 0.299 e. The summed E-state index contributed by atoms with van der Waals surface area (Å²) in [5.74, 6) is -0.856. The Kier molecular flexibility index (Phi) is 3.37. The van der Waals surface area contributed by atoms with Gasteiger partial charge in [0.15, 0.2) is 0 Å². The number of rotatable bonds is 3. The van der Waals surface area contributed by atoms with Crippen molar-refractivity contribution in [1.29, 1.82) is 0 Å². The van der Waals surface area contributed by atoms with Crippen molar-refractivity contribution >= 4 is 28.7 Å². The smallest absolute Gasteiger partial charge is 0.298 e. The molecule has 0 saturated carbocycles. The molecule has 0 spiro atoms. The molecule has 108 valence electrons. The van der Waals surface area contributed by atoms with Crippen molar-refractivity contribution in [2.45, 2.75) is 33.7 Å². The number of amides is 1. The summed E-state index contributed by atoms with van der Waals surface area (Å²) in [7, 11) is 0. The van der Waals surface area contributed by atoms with Crippen LogP contribution in [-0.4, -0.2) is 16.7 Å². The molecular formula is C16H16N2O2S. The molecular weight excluding hydrogens is 284 g/mol. The first-order valence-corrected chi connectivity index (χ1v) is 7.80. The summed E-state index contributed by atoms with van der Waals surface area (Å²) in [6.45, 7) is 6.20. The van der Waals surface area contributed by atoms with Crippen LogP contribution in [0.3, 0.4) is 0 Å². The van der Waals surface area contributed by atoms with Crippen LogP contribution in [-0.2, 0) is 17.8 Å². The third-order valence-corrected chi connectivity index (χ3v) is 4.79. The molecule has 0 radical (unpaired) electrons. The van der Waals surface area contributed by atoms with Gasteiger partial charge in [-0.25, -0.2) is 4.98 Å². The number of aryl methyl sites for hydroxylation is 3. The molecule has 2 aromatic rings. The summed E-state index contributed by atoms with van der Waals surface area (Å²) in [5, 5.41) is 3.00. The van der Waals surface area contributed by atoms with E-state index < -0.39 is 11.7 Å². The van der Waals surface area contributed by atoms with Crippen molar-refractivity contribution in [3.63, 3.8) is 0 Å². The summed E-state index contributed by atoms with van der Waals surface area (Å²) in [6, 6.07) is 3.84. The van der Waals surface area contributed by atoms with Crippen LogP contribution >= 0.6 is 11.3 Å². The summed E-state index contributed by atoms with van der Waals surface area (Å²) in [6.07, 6.45) is 0.881. The number of ketones is 1.